The number of fused-ring (bicyclic) bond motifs is 1. The van der Waals surface area contributed by atoms with Crippen molar-refractivity contribution >= 4 is 22.6 Å². The maximum absolute atomic E-state index is 12.9. The number of methoxy groups -OCH3 is 1. The predicted molar refractivity (Wildman–Crippen MR) is 106 cm³/mol. The molecule has 2 aromatic carbocycles. The van der Waals surface area contributed by atoms with Gasteiger partial charge in [-0.15, -0.1) is 0 Å². The molecule has 0 saturated carbocycles. The Morgan fingerprint density at radius 2 is 1.81 bits per heavy atom. The van der Waals surface area contributed by atoms with Crippen LogP contribution in [0.25, 0.3) is 10.9 Å². The van der Waals surface area contributed by atoms with E-state index in [-0.39, 0.29) is 5.91 Å². The van der Waals surface area contributed by atoms with Crippen molar-refractivity contribution in [1.29, 1.82) is 0 Å². The topological polar surface area (TPSA) is 56.1 Å². The molecule has 2 aromatic heterocycles. The molecule has 0 aliphatic carbocycles. The van der Waals surface area contributed by atoms with E-state index < -0.39 is 0 Å². The van der Waals surface area contributed by atoms with Gasteiger partial charge < -0.3 is 14.6 Å². The average molecular weight is 357 g/mol. The molecule has 5 heteroatoms. The molecule has 0 unspecified atom stereocenters. The molecule has 27 heavy (non-hydrogen) atoms. The van der Waals surface area contributed by atoms with Crippen LogP contribution in [0, 0.1) is 0 Å². The summed E-state index contributed by atoms with van der Waals surface area (Å²) >= 11 is 0. The number of rotatable bonds is 5. The second-order valence-electron chi connectivity index (χ2n) is 6.18. The Balaban J connectivity index is 1.70. The molecule has 0 spiro atoms. The molecule has 0 aliphatic rings. The van der Waals surface area contributed by atoms with Crippen molar-refractivity contribution in [2.75, 3.05) is 12.4 Å². The van der Waals surface area contributed by atoms with Crippen LogP contribution in [0.3, 0.4) is 0 Å². The molecule has 0 radical (unpaired) electrons. The number of ether oxygens (including phenoxy) is 1. The lowest BCUT2D eigenvalue weighted by molar-refractivity contribution is 0.102. The molecule has 2 heterocycles. The van der Waals surface area contributed by atoms with Gasteiger partial charge in [-0.25, -0.2) is 4.98 Å². The van der Waals surface area contributed by atoms with Crippen LogP contribution in [-0.4, -0.2) is 22.6 Å². The second kappa shape index (κ2) is 7.33. The van der Waals surface area contributed by atoms with E-state index in [4.69, 9.17) is 4.74 Å². The van der Waals surface area contributed by atoms with Crippen LogP contribution in [0.2, 0.25) is 0 Å². The Kier molecular flexibility index (Phi) is 4.58. The molecule has 0 bridgehead atoms. The van der Waals surface area contributed by atoms with Crippen LogP contribution in [0.15, 0.2) is 79.1 Å². The molecule has 1 amide bonds. The van der Waals surface area contributed by atoms with Gasteiger partial charge in [-0.2, -0.15) is 0 Å². The first-order valence-corrected chi connectivity index (χ1v) is 8.68. The van der Waals surface area contributed by atoms with Crippen molar-refractivity contribution in [3.05, 3.63) is 90.3 Å². The Labute approximate surface area is 157 Å². The number of benzene rings is 2. The van der Waals surface area contributed by atoms with E-state index in [2.05, 4.69) is 27.0 Å². The molecule has 0 saturated heterocycles. The molecule has 134 valence electrons. The highest BCUT2D eigenvalue weighted by atomic mass is 16.5. The zero-order valence-corrected chi connectivity index (χ0v) is 14.9. The maximum Gasteiger partial charge on any atom is 0.259 e. The van der Waals surface area contributed by atoms with Gasteiger partial charge in [-0.3, -0.25) is 4.79 Å². The molecular formula is C22H19N3O2. The number of hydrogen-bond donors (Lipinski definition) is 1. The second-order valence-corrected chi connectivity index (χ2v) is 6.18. The number of nitrogens with zero attached hydrogens (tertiary/aromatic N) is 2. The van der Waals surface area contributed by atoms with E-state index in [1.165, 1.54) is 5.56 Å². The smallest absolute Gasteiger partial charge is 0.259 e. The predicted octanol–water partition coefficient (Wildman–Crippen LogP) is 4.35. The summed E-state index contributed by atoms with van der Waals surface area (Å²) in [5.74, 6) is 0.721. The van der Waals surface area contributed by atoms with Crippen LogP contribution in [0.5, 0.6) is 5.75 Å². The molecule has 0 atom stereocenters. The first kappa shape index (κ1) is 16.8. The van der Waals surface area contributed by atoms with E-state index in [0.717, 1.165) is 10.9 Å². The Morgan fingerprint density at radius 1 is 1.04 bits per heavy atom. The van der Waals surface area contributed by atoms with E-state index in [0.29, 0.717) is 23.7 Å². The Hall–Kier alpha value is -3.60. The van der Waals surface area contributed by atoms with Crippen LogP contribution in [0.4, 0.5) is 5.82 Å². The third kappa shape index (κ3) is 3.40. The average Bonchev–Trinajstić information content (AvgIpc) is 3.08. The van der Waals surface area contributed by atoms with E-state index in [9.17, 15) is 4.79 Å². The Bertz CT molecular complexity index is 1090. The molecule has 4 rings (SSSR count). The number of pyridine rings is 1. The van der Waals surface area contributed by atoms with Crippen LogP contribution >= 0.6 is 0 Å². The number of amides is 1. The zero-order chi connectivity index (χ0) is 18.6. The van der Waals surface area contributed by atoms with E-state index in [1.54, 1.807) is 25.4 Å². The van der Waals surface area contributed by atoms with Gasteiger partial charge in [0.2, 0.25) is 0 Å². The van der Waals surface area contributed by atoms with E-state index >= 15 is 0 Å². The third-order valence-electron chi connectivity index (χ3n) is 4.45. The number of anilines is 1. The van der Waals surface area contributed by atoms with Gasteiger partial charge >= 0.3 is 0 Å². The Morgan fingerprint density at radius 3 is 2.63 bits per heavy atom. The summed E-state index contributed by atoms with van der Waals surface area (Å²) in [7, 11) is 1.55. The summed E-state index contributed by atoms with van der Waals surface area (Å²) in [6.07, 6.45) is 3.51. The van der Waals surface area contributed by atoms with Crippen molar-refractivity contribution in [3.8, 4) is 5.75 Å². The number of carbonyl (C=O) groups is 1. The van der Waals surface area contributed by atoms with Crippen molar-refractivity contribution in [2.24, 2.45) is 0 Å². The van der Waals surface area contributed by atoms with Gasteiger partial charge in [0.25, 0.3) is 5.91 Å². The van der Waals surface area contributed by atoms with Gasteiger partial charge in [0.1, 0.15) is 0 Å². The van der Waals surface area contributed by atoms with Gasteiger partial charge in [-0.1, -0.05) is 48.5 Å². The van der Waals surface area contributed by atoms with Gasteiger partial charge in [0.15, 0.2) is 11.6 Å². The normalized spacial score (nSPS) is 10.7. The summed E-state index contributed by atoms with van der Waals surface area (Å²) < 4.78 is 7.36. The summed E-state index contributed by atoms with van der Waals surface area (Å²) in [5.41, 5.74) is 2.80. The first-order chi connectivity index (χ1) is 13.3. The molecule has 1 N–H and O–H groups in total. The van der Waals surface area contributed by atoms with Crippen LogP contribution < -0.4 is 10.1 Å². The van der Waals surface area contributed by atoms with Crippen molar-refractivity contribution < 1.29 is 9.53 Å². The number of aromatic nitrogens is 2. The molecular weight excluding hydrogens is 338 g/mol. The zero-order valence-electron chi connectivity index (χ0n) is 14.9. The summed E-state index contributed by atoms with van der Waals surface area (Å²) in [4.78, 5) is 17.1. The highest BCUT2D eigenvalue weighted by Gasteiger charge is 2.17. The highest BCUT2D eigenvalue weighted by Crippen LogP contribution is 2.25. The standard InChI is InChI=1S/C22H19N3O2/c1-27-20-12-7-13-23-21(20)24-22(26)18-15-25(14-16-8-3-2-4-9-16)19-11-6-5-10-17(18)19/h2-13,15H,14H2,1H3,(H,23,24,26). The summed E-state index contributed by atoms with van der Waals surface area (Å²) in [6, 6.07) is 21.6. The van der Waals surface area contributed by atoms with Gasteiger partial charge in [0, 0.05) is 29.8 Å². The quantitative estimate of drug-likeness (QED) is 0.578. The van der Waals surface area contributed by atoms with Crippen molar-refractivity contribution in [2.45, 2.75) is 6.54 Å². The van der Waals surface area contributed by atoms with E-state index in [1.807, 2.05) is 48.7 Å². The lowest BCUT2D eigenvalue weighted by Gasteiger charge is -2.08. The first-order valence-electron chi connectivity index (χ1n) is 8.68. The van der Waals surface area contributed by atoms with Gasteiger partial charge in [-0.05, 0) is 23.8 Å². The maximum atomic E-state index is 12.9. The minimum Gasteiger partial charge on any atom is -0.493 e. The SMILES string of the molecule is COc1cccnc1NC(=O)c1cn(Cc2ccccc2)c2ccccc12. The fraction of sp³-hybridized carbons (Fsp3) is 0.0909. The minimum atomic E-state index is -0.213. The van der Waals surface area contributed by atoms with Crippen molar-refractivity contribution in [1.82, 2.24) is 9.55 Å². The number of para-hydroxylation sites is 1. The lowest BCUT2D eigenvalue weighted by atomic mass is 10.1. The minimum absolute atomic E-state index is 0.213. The van der Waals surface area contributed by atoms with Gasteiger partial charge in [0.05, 0.1) is 12.7 Å². The van der Waals surface area contributed by atoms with Crippen molar-refractivity contribution in [3.63, 3.8) is 0 Å². The number of carbonyl (C=O) groups excluding carboxylic acids is 1. The fourth-order valence-electron chi connectivity index (χ4n) is 3.16. The summed E-state index contributed by atoms with van der Waals surface area (Å²) in [6.45, 7) is 0.696. The number of hydrogen-bond acceptors (Lipinski definition) is 3. The summed E-state index contributed by atoms with van der Waals surface area (Å²) in [5, 5.41) is 3.76. The van der Waals surface area contributed by atoms with Crippen LogP contribution in [-0.2, 0) is 6.54 Å². The fourth-order valence-corrected chi connectivity index (χ4v) is 3.16. The largest absolute Gasteiger partial charge is 0.493 e. The molecule has 5 nitrogen and oxygen atoms in total. The number of nitrogens with one attached hydrogen (secondary N) is 1. The highest BCUT2D eigenvalue weighted by molar-refractivity contribution is 6.13. The molecule has 0 fully saturated rings. The monoisotopic (exact) mass is 357 g/mol. The molecule has 4 aromatic rings. The third-order valence-corrected chi connectivity index (χ3v) is 4.45. The molecule has 0 aliphatic heterocycles. The lowest BCUT2D eigenvalue weighted by Crippen LogP contribution is -2.13. The van der Waals surface area contributed by atoms with Crippen LogP contribution in [0.1, 0.15) is 15.9 Å².